The number of rotatable bonds is 6. The maximum Gasteiger partial charge on any atom is 0.342 e. The van der Waals surface area contributed by atoms with Crippen LogP contribution in [0.2, 0.25) is 0 Å². The van der Waals surface area contributed by atoms with Gasteiger partial charge in [-0.15, -0.1) is 0 Å². The fourth-order valence-electron chi connectivity index (χ4n) is 3.55. The lowest BCUT2D eigenvalue weighted by Crippen LogP contribution is -2.38. The van der Waals surface area contributed by atoms with Crippen LogP contribution in [0.1, 0.15) is 22.3 Å². The molecule has 1 N–H and O–H groups in total. The molecule has 1 aliphatic heterocycles. The number of carbonyl (C=O) groups excluding carboxylic acids is 2. The second-order valence-electron chi connectivity index (χ2n) is 7.78. The number of carbonyl (C=O) groups is 2. The van der Waals surface area contributed by atoms with Gasteiger partial charge in [-0.1, -0.05) is 48.0 Å². The first-order chi connectivity index (χ1) is 15.3. The molecule has 2 aromatic carbocycles. The first-order valence-corrected chi connectivity index (χ1v) is 12.0. The van der Waals surface area contributed by atoms with Crippen LogP contribution in [-0.2, 0) is 19.4 Å². The molecule has 1 atom stereocenters. The molecule has 3 aromatic rings. The summed E-state index contributed by atoms with van der Waals surface area (Å²) < 4.78 is 29.9. The molecule has 0 unspecified atom stereocenters. The maximum atomic E-state index is 12.8. The van der Waals surface area contributed by atoms with Crippen molar-refractivity contribution in [3.05, 3.63) is 71.9 Å². The van der Waals surface area contributed by atoms with Gasteiger partial charge < -0.3 is 10.1 Å². The number of amides is 1. The molecular weight excluding hydrogens is 430 g/mol. The minimum Gasteiger partial charge on any atom is -0.452 e. The van der Waals surface area contributed by atoms with Crippen molar-refractivity contribution in [2.75, 3.05) is 18.1 Å². The van der Waals surface area contributed by atoms with Gasteiger partial charge in [-0.05, 0) is 25.5 Å². The van der Waals surface area contributed by atoms with E-state index in [4.69, 9.17) is 4.74 Å². The fourth-order valence-corrected chi connectivity index (χ4v) is 5.22. The summed E-state index contributed by atoms with van der Waals surface area (Å²) in [5.74, 6) is -1.26. The summed E-state index contributed by atoms with van der Waals surface area (Å²) in [6.45, 7) is 1.47. The smallest absolute Gasteiger partial charge is 0.342 e. The number of aromatic nitrogens is 2. The van der Waals surface area contributed by atoms with Crippen LogP contribution >= 0.6 is 0 Å². The van der Waals surface area contributed by atoms with E-state index in [0.717, 1.165) is 16.8 Å². The van der Waals surface area contributed by atoms with Crippen LogP contribution in [0.5, 0.6) is 0 Å². The molecule has 9 heteroatoms. The minimum absolute atomic E-state index is 0.0519. The lowest BCUT2D eigenvalue weighted by molar-refractivity contribution is -0.124. The van der Waals surface area contributed by atoms with Crippen molar-refractivity contribution in [1.29, 1.82) is 0 Å². The Balaban J connectivity index is 1.52. The van der Waals surface area contributed by atoms with Crippen LogP contribution in [0.3, 0.4) is 0 Å². The van der Waals surface area contributed by atoms with Crippen molar-refractivity contribution in [2.24, 2.45) is 0 Å². The third kappa shape index (κ3) is 5.05. The predicted octanol–water partition coefficient (Wildman–Crippen LogP) is 2.31. The van der Waals surface area contributed by atoms with Crippen LogP contribution in [0.4, 0.5) is 0 Å². The van der Waals surface area contributed by atoms with Gasteiger partial charge in [0.25, 0.3) is 5.91 Å². The van der Waals surface area contributed by atoms with Crippen molar-refractivity contribution >= 4 is 21.7 Å². The summed E-state index contributed by atoms with van der Waals surface area (Å²) in [6, 6.07) is 16.5. The third-order valence-electron chi connectivity index (χ3n) is 5.21. The highest BCUT2D eigenvalue weighted by Crippen LogP contribution is 2.25. The highest BCUT2D eigenvalue weighted by Gasteiger charge is 2.29. The first kappa shape index (κ1) is 21.8. The van der Waals surface area contributed by atoms with Gasteiger partial charge in [0.15, 0.2) is 16.4 Å². The number of hydrogen-bond donors (Lipinski definition) is 1. The number of para-hydroxylation sites is 1. The van der Waals surface area contributed by atoms with Crippen molar-refractivity contribution in [3.8, 4) is 16.9 Å². The maximum absolute atomic E-state index is 12.8. The molecule has 1 saturated heterocycles. The molecule has 4 rings (SSSR count). The molecular formula is C23H23N3O5S. The number of esters is 1. The Morgan fingerprint density at radius 3 is 2.50 bits per heavy atom. The van der Waals surface area contributed by atoms with E-state index in [1.807, 2.05) is 61.5 Å². The summed E-state index contributed by atoms with van der Waals surface area (Å²) in [5, 5.41) is 7.19. The second kappa shape index (κ2) is 8.96. The second-order valence-corrected chi connectivity index (χ2v) is 10.0. The molecule has 8 nitrogen and oxygen atoms in total. The minimum atomic E-state index is -3.11. The van der Waals surface area contributed by atoms with Crippen LogP contribution < -0.4 is 5.32 Å². The average Bonchev–Trinajstić information content (AvgIpc) is 3.36. The lowest BCUT2D eigenvalue weighted by Gasteiger charge is -2.11. The van der Waals surface area contributed by atoms with Gasteiger partial charge in [0.05, 0.1) is 17.2 Å². The number of ether oxygens (including phenoxy) is 1. The normalized spacial score (nSPS) is 17.1. The summed E-state index contributed by atoms with van der Waals surface area (Å²) in [5.41, 5.74) is 3.28. The fraction of sp³-hybridized carbons (Fsp3) is 0.261. The Morgan fingerprint density at radius 1 is 1.12 bits per heavy atom. The van der Waals surface area contributed by atoms with E-state index in [1.165, 1.54) is 0 Å². The van der Waals surface area contributed by atoms with Crippen LogP contribution in [0.25, 0.3) is 16.9 Å². The summed E-state index contributed by atoms with van der Waals surface area (Å²) >= 11 is 0. The molecule has 0 spiro atoms. The summed E-state index contributed by atoms with van der Waals surface area (Å²) in [4.78, 5) is 25.0. The number of aryl methyl sites for hydroxylation is 1. The van der Waals surface area contributed by atoms with Crippen molar-refractivity contribution in [1.82, 2.24) is 15.1 Å². The zero-order valence-electron chi connectivity index (χ0n) is 17.5. The van der Waals surface area contributed by atoms with Gasteiger partial charge in [-0.2, -0.15) is 5.10 Å². The molecule has 1 amide bonds. The predicted molar refractivity (Wildman–Crippen MR) is 119 cm³/mol. The zero-order valence-corrected chi connectivity index (χ0v) is 18.3. The zero-order chi connectivity index (χ0) is 22.7. The Hall–Kier alpha value is -3.46. The lowest BCUT2D eigenvalue weighted by atomic mass is 10.1. The van der Waals surface area contributed by atoms with E-state index in [9.17, 15) is 18.0 Å². The van der Waals surface area contributed by atoms with E-state index in [2.05, 4.69) is 10.4 Å². The van der Waals surface area contributed by atoms with Gasteiger partial charge in [-0.25, -0.2) is 17.9 Å². The molecule has 0 saturated carbocycles. The quantitative estimate of drug-likeness (QED) is 0.574. The van der Waals surface area contributed by atoms with Crippen LogP contribution in [-0.4, -0.2) is 54.2 Å². The van der Waals surface area contributed by atoms with Gasteiger partial charge in [0, 0.05) is 17.8 Å². The number of hydrogen-bond acceptors (Lipinski definition) is 6. The van der Waals surface area contributed by atoms with Gasteiger partial charge in [0.2, 0.25) is 0 Å². The van der Waals surface area contributed by atoms with E-state index in [-0.39, 0.29) is 17.1 Å². The van der Waals surface area contributed by atoms with Gasteiger partial charge in [0.1, 0.15) is 11.3 Å². The van der Waals surface area contributed by atoms with E-state index in [1.54, 1.807) is 10.9 Å². The molecule has 1 fully saturated rings. The van der Waals surface area contributed by atoms with E-state index in [0.29, 0.717) is 12.1 Å². The highest BCUT2D eigenvalue weighted by atomic mass is 32.2. The van der Waals surface area contributed by atoms with Gasteiger partial charge in [-0.3, -0.25) is 4.79 Å². The number of nitrogens with zero attached hydrogens (tertiary/aromatic N) is 2. The standard InChI is InChI=1S/C23H23N3O5S/c1-16-7-9-17(10-8-16)22-20(13-26(25-22)19-5-3-2-4-6-19)23(28)31-14-21(27)24-18-11-12-32(29,30)15-18/h2-10,13,18H,11-12,14-15H2,1H3,(H,24,27)/t18-/m1/s1. The van der Waals surface area contributed by atoms with Crippen molar-refractivity contribution in [2.45, 2.75) is 19.4 Å². The average molecular weight is 454 g/mol. The van der Waals surface area contributed by atoms with E-state index >= 15 is 0 Å². The molecule has 0 aliphatic carbocycles. The van der Waals surface area contributed by atoms with E-state index < -0.39 is 34.4 Å². The van der Waals surface area contributed by atoms with Gasteiger partial charge >= 0.3 is 5.97 Å². The van der Waals surface area contributed by atoms with Crippen LogP contribution in [0.15, 0.2) is 60.8 Å². The number of benzene rings is 2. The molecule has 166 valence electrons. The van der Waals surface area contributed by atoms with Crippen molar-refractivity contribution in [3.63, 3.8) is 0 Å². The molecule has 2 heterocycles. The number of sulfone groups is 1. The molecule has 1 aromatic heterocycles. The van der Waals surface area contributed by atoms with Crippen LogP contribution in [0, 0.1) is 6.92 Å². The topological polar surface area (TPSA) is 107 Å². The first-order valence-electron chi connectivity index (χ1n) is 10.2. The SMILES string of the molecule is Cc1ccc(-c2nn(-c3ccccc3)cc2C(=O)OCC(=O)N[C@@H]2CCS(=O)(=O)C2)cc1. The molecule has 0 radical (unpaired) electrons. The Morgan fingerprint density at radius 2 is 1.84 bits per heavy atom. The summed E-state index contributed by atoms with van der Waals surface area (Å²) in [7, 11) is -3.11. The summed E-state index contributed by atoms with van der Waals surface area (Å²) in [6.07, 6.45) is 1.94. The van der Waals surface area contributed by atoms with Crippen molar-refractivity contribution < 1.29 is 22.7 Å². The Labute approximate surface area is 186 Å². The molecule has 0 bridgehead atoms. The molecule has 32 heavy (non-hydrogen) atoms. The third-order valence-corrected chi connectivity index (χ3v) is 6.98. The Kier molecular flexibility index (Phi) is 6.09. The Bertz CT molecular complexity index is 1230. The highest BCUT2D eigenvalue weighted by molar-refractivity contribution is 7.91. The number of nitrogens with one attached hydrogen (secondary N) is 1. The largest absolute Gasteiger partial charge is 0.452 e. The monoisotopic (exact) mass is 453 g/mol. The molecule has 1 aliphatic rings.